The van der Waals surface area contributed by atoms with E-state index in [0.717, 1.165) is 63.5 Å². The fraction of sp³-hybridized carbons (Fsp3) is 0.545. The van der Waals surface area contributed by atoms with Crippen LogP contribution in [0.2, 0.25) is 0 Å². The molecule has 33 heavy (non-hydrogen) atoms. The molecular weight excluding hydrogens is 441 g/mol. The summed E-state index contributed by atoms with van der Waals surface area (Å²) in [7, 11) is 0. The number of carbonyl (C=O) groups is 2. The number of alkyl halides is 3. The number of carboxylic acid groups (broad SMARTS) is 1. The standard InChI is InChI=1S/C20H26N4O2.C2HF3O2/c1-2-16-4-5-17(26-16)13-23-11-7-20(14-23)6-3-10-24(15-20)19(25)18-12-21-8-9-22-18;3-2(4,5)1(6)7/h4-5,8-9,12H,2-3,6-7,10-11,13-15H2,1H3;(H,6,7). The van der Waals surface area contributed by atoms with Crippen LogP contribution in [0, 0.1) is 5.41 Å². The van der Waals surface area contributed by atoms with Crippen LogP contribution in [0.25, 0.3) is 0 Å². The molecule has 1 amide bonds. The first kappa shape index (κ1) is 24.7. The highest BCUT2D eigenvalue weighted by Crippen LogP contribution is 2.39. The predicted octanol–water partition coefficient (Wildman–Crippen LogP) is 3.39. The van der Waals surface area contributed by atoms with Gasteiger partial charge in [-0.1, -0.05) is 6.92 Å². The van der Waals surface area contributed by atoms with Crippen LogP contribution in [0.5, 0.6) is 0 Å². The molecule has 1 unspecified atom stereocenters. The Hall–Kier alpha value is -2.95. The highest BCUT2D eigenvalue weighted by atomic mass is 19.4. The number of piperidine rings is 1. The molecule has 0 radical (unpaired) electrons. The monoisotopic (exact) mass is 468 g/mol. The average Bonchev–Trinajstić information content (AvgIpc) is 3.40. The van der Waals surface area contributed by atoms with Crippen LogP contribution >= 0.6 is 0 Å². The topological polar surface area (TPSA) is 99.8 Å². The average molecular weight is 468 g/mol. The number of nitrogens with zero attached hydrogens (tertiary/aromatic N) is 4. The molecule has 1 N–H and O–H groups in total. The molecule has 4 rings (SSSR count). The maximum atomic E-state index is 12.7. The molecule has 0 aromatic carbocycles. The molecule has 2 aromatic rings. The summed E-state index contributed by atoms with van der Waals surface area (Å²) < 4.78 is 37.6. The van der Waals surface area contributed by atoms with Crippen LogP contribution in [0.15, 0.2) is 35.1 Å². The Morgan fingerprint density at radius 1 is 1.15 bits per heavy atom. The Morgan fingerprint density at radius 3 is 2.48 bits per heavy atom. The molecule has 1 spiro atoms. The van der Waals surface area contributed by atoms with E-state index in [1.165, 1.54) is 6.42 Å². The summed E-state index contributed by atoms with van der Waals surface area (Å²) in [6.07, 6.45) is 3.97. The number of aryl methyl sites for hydroxylation is 1. The van der Waals surface area contributed by atoms with E-state index < -0.39 is 12.1 Å². The van der Waals surface area contributed by atoms with E-state index in [4.69, 9.17) is 14.3 Å². The molecule has 4 heterocycles. The number of likely N-dealkylation sites (tertiary alicyclic amines) is 2. The zero-order valence-electron chi connectivity index (χ0n) is 18.3. The van der Waals surface area contributed by atoms with Crippen molar-refractivity contribution in [3.63, 3.8) is 0 Å². The van der Waals surface area contributed by atoms with Gasteiger partial charge in [0.2, 0.25) is 0 Å². The third-order valence-corrected chi connectivity index (χ3v) is 5.94. The number of carbonyl (C=O) groups excluding carboxylic acids is 1. The van der Waals surface area contributed by atoms with Gasteiger partial charge in [-0.3, -0.25) is 14.7 Å². The van der Waals surface area contributed by atoms with E-state index >= 15 is 0 Å². The van der Waals surface area contributed by atoms with E-state index in [2.05, 4.69) is 33.9 Å². The Kier molecular flexibility index (Phi) is 7.72. The van der Waals surface area contributed by atoms with Gasteiger partial charge in [0, 0.05) is 43.9 Å². The molecule has 0 aliphatic carbocycles. The fourth-order valence-corrected chi connectivity index (χ4v) is 4.37. The SMILES string of the molecule is CCc1ccc(CN2CCC3(CCCN(C(=O)c4cnccn4)C3)C2)o1.O=C(O)C(F)(F)F. The zero-order chi connectivity index (χ0) is 24.1. The van der Waals surface area contributed by atoms with Crippen LogP contribution < -0.4 is 0 Å². The number of aliphatic carboxylic acids is 1. The van der Waals surface area contributed by atoms with Crippen molar-refractivity contribution in [3.8, 4) is 0 Å². The van der Waals surface area contributed by atoms with Crippen LogP contribution in [0.1, 0.15) is 48.2 Å². The first-order valence-corrected chi connectivity index (χ1v) is 10.8. The molecule has 11 heteroatoms. The minimum absolute atomic E-state index is 0.00856. The van der Waals surface area contributed by atoms with Crippen molar-refractivity contribution >= 4 is 11.9 Å². The Morgan fingerprint density at radius 2 is 1.88 bits per heavy atom. The molecule has 2 aromatic heterocycles. The maximum absolute atomic E-state index is 12.7. The number of halogens is 3. The van der Waals surface area contributed by atoms with Crippen molar-refractivity contribution in [2.45, 2.75) is 45.3 Å². The largest absolute Gasteiger partial charge is 0.490 e. The Bertz CT molecular complexity index is 951. The lowest BCUT2D eigenvalue weighted by molar-refractivity contribution is -0.192. The molecule has 2 aliphatic heterocycles. The van der Waals surface area contributed by atoms with E-state index in [1.807, 2.05) is 4.90 Å². The third kappa shape index (κ3) is 6.53. The van der Waals surface area contributed by atoms with Gasteiger partial charge in [0.05, 0.1) is 12.7 Å². The number of rotatable bonds is 4. The van der Waals surface area contributed by atoms with Gasteiger partial charge < -0.3 is 14.4 Å². The van der Waals surface area contributed by atoms with Gasteiger partial charge in [0.1, 0.15) is 17.2 Å². The minimum Gasteiger partial charge on any atom is -0.475 e. The van der Waals surface area contributed by atoms with Crippen molar-refractivity contribution in [3.05, 3.63) is 47.9 Å². The summed E-state index contributed by atoms with van der Waals surface area (Å²) in [4.78, 5) is 34.3. The minimum atomic E-state index is -5.08. The smallest absolute Gasteiger partial charge is 0.475 e. The number of amides is 1. The van der Waals surface area contributed by atoms with Crippen LogP contribution in [-0.4, -0.2) is 69.1 Å². The summed E-state index contributed by atoms with van der Waals surface area (Å²) in [6, 6.07) is 4.16. The van der Waals surface area contributed by atoms with Gasteiger partial charge in [-0.15, -0.1) is 0 Å². The molecule has 0 bridgehead atoms. The summed E-state index contributed by atoms with van der Waals surface area (Å²) in [6.45, 7) is 6.69. The molecule has 1 atom stereocenters. The van der Waals surface area contributed by atoms with Gasteiger partial charge in [0.25, 0.3) is 5.91 Å². The predicted molar refractivity (Wildman–Crippen MR) is 111 cm³/mol. The molecule has 2 saturated heterocycles. The van der Waals surface area contributed by atoms with Crippen molar-refractivity contribution in [2.24, 2.45) is 5.41 Å². The van der Waals surface area contributed by atoms with Gasteiger partial charge >= 0.3 is 12.1 Å². The zero-order valence-corrected chi connectivity index (χ0v) is 18.3. The maximum Gasteiger partial charge on any atom is 0.490 e. The summed E-state index contributed by atoms with van der Waals surface area (Å²) in [5.74, 6) is -0.656. The number of hydrogen-bond donors (Lipinski definition) is 1. The lowest BCUT2D eigenvalue weighted by Gasteiger charge is -2.40. The second kappa shape index (κ2) is 10.3. The Labute approximate surface area is 189 Å². The fourth-order valence-electron chi connectivity index (χ4n) is 4.37. The van der Waals surface area contributed by atoms with Crippen LogP contribution in [0.4, 0.5) is 13.2 Å². The number of aromatic nitrogens is 2. The molecule has 0 saturated carbocycles. The molecule has 2 fully saturated rings. The van der Waals surface area contributed by atoms with Crippen LogP contribution in [0.3, 0.4) is 0 Å². The van der Waals surface area contributed by atoms with E-state index in [-0.39, 0.29) is 11.3 Å². The Balaban J connectivity index is 0.000000383. The first-order chi connectivity index (χ1) is 15.6. The second-order valence-corrected chi connectivity index (χ2v) is 8.41. The highest BCUT2D eigenvalue weighted by Gasteiger charge is 2.42. The normalized spacial score (nSPS) is 21.0. The van der Waals surface area contributed by atoms with E-state index in [9.17, 15) is 18.0 Å². The number of carboxylic acids is 1. The van der Waals surface area contributed by atoms with Gasteiger partial charge in [-0.2, -0.15) is 13.2 Å². The lowest BCUT2D eigenvalue weighted by Crippen LogP contribution is -2.47. The van der Waals surface area contributed by atoms with Crippen molar-refractivity contribution in [2.75, 3.05) is 26.2 Å². The molecule has 180 valence electrons. The number of hydrogen-bond acceptors (Lipinski definition) is 6. The molecule has 8 nitrogen and oxygen atoms in total. The van der Waals surface area contributed by atoms with Gasteiger partial charge in [0.15, 0.2) is 0 Å². The second-order valence-electron chi connectivity index (χ2n) is 8.41. The molecular formula is C22H27F3N4O4. The van der Waals surface area contributed by atoms with E-state index in [0.29, 0.717) is 5.69 Å². The number of furan rings is 1. The highest BCUT2D eigenvalue weighted by molar-refractivity contribution is 5.92. The van der Waals surface area contributed by atoms with Crippen molar-refractivity contribution in [1.29, 1.82) is 0 Å². The van der Waals surface area contributed by atoms with Crippen molar-refractivity contribution < 1.29 is 32.3 Å². The molecule has 2 aliphatic rings. The van der Waals surface area contributed by atoms with Crippen LogP contribution in [-0.2, 0) is 17.8 Å². The van der Waals surface area contributed by atoms with E-state index in [1.54, 1.807) is 18.6 Å². The third-order valence-electron chi connectivity index (χ3n) is 5.94. The summed E-state index contributed by atoms with van der Waals surface area (Å²) in [5, 5.41) is 7.12. The van der Waals surface area contributed by atoms with Gasteiger partial charge in [-0.25, -0.2) is 9.78 Å². The van der Waals surface area contributed by atoms with Gasteiger partial charge in [-0.05, 0) is 37.9 Å². The quantitative estimate of drug-likeness (QED) is 0.734. The lowest BCUT2D eigenvalue weighted by atomic mass is 9.79. The summed E-state index contributed by atoms with van der Waals surface area (Å²) >= 11 is 0. The summed E-state index contributed by atoms with van der Waals surface area (Å²) in [5.41, 5.74) is 0.651. The van der Waals surface area contributed by atoms with Crippen molar-refractivity contribution in [1.82, 2.24) is 19.8 Å². The first-order valence-electron chi connectivity index (χ1n) is 10.8.